The topological polar surface area (TPSA) is 309 Å². The van der Waals surface area contributed by atoms with Gasteiger partial charge in [-0.15, -0.1) is 0 Å². The molecule has 21 nitrogen and oxygen atoms in total. The number of carbonyl (C=O) groups excluding carboxylic acids is 6. The van der Waals surface area contributed by atoms with E-state index in [4.69, 9.17) is 36.3 Å². The molecule has 1 aliphatic heterocycles. The van der Waals surface area contributed by atoms with Crippen molar-refractivity contribution in [2.24, 2.45) is 29.1 Å². The lowest BCUT2D eigenvalue weighted by Gasteiger charge is -2.33. The number of benzene rings is 2. The molecule has 3 rings (SSSR count). The van der Waals surface area contributed by atoms with E-state index in [0.29, 0.717) is 57.1 Å². The van der Waals surface area contributed by atoms with E-state index >= 15 is 0 Å². The van der Waals surface area contributed by atoms with Crippen LogP contribution in [-0.4, -0.2) is 136 Å². The first-order valence-corrected chi connectivity index (χ1v) is 24.4. The van der Waals surface area contributed by atoms with Crippen LogP contribution < -0.4 is 43.5 Å². The molecule has 0 saturated carbocycles. The number of carboxylic acids is 1. The molecule has 0 saturated heterocycles. The Balaban J connectivity index is 0.00000852. The van der Waals surface area contributed by atoms with Crippen molar-refractivity contribution in [2.75, 3.05) is 70.8 Å². The van der Waals surface area contributed by atoms with Gasteiger partial charge in [0.25, 0.3) is 0 Å². The van der Waals surface area contributed by atoms with Crippen molar-refractivity contribution in [3.63, 3.8) is 0 Å². The lowest BCUT2D eigenvalue weighted by Crippen LogP contribution is -2.57. The smallest absolute Gasteiger partial charge is 0.312 e. The average Bonchev–Trinajstić information content (AvgIpc) is 3.32. The minimum atomic E-state index is -1.26. The van der Waals surface area contributed by atoms with Crippen molar-refractivity contribution < 1.29 is 57.6 Å². The molecule has 1 aliphatic rings. The summed E-state index contributed by atoms with van der Waals surface area (Å²) in [5, 5.41) is 21.0. The van der Waals surface area contributed by atoms with Crippen molar-refractivity contribution >= 4 is 58.5 Å². The van der Waals surface area contributed by atoms with Gasteiger partial charge >= 0.3 is 12.0 Å². The Labute approximate surface area is 418 Å². The van der Waals surface area contributed by atoms with Crippen LogP contribution >= 0.6 is 0 Å². The second-order valence-corrected chi connectivity index (χ2v) is 17.3. The number of urea groups is 1. The first-order chi connectivity index (χ1) is 33.9. The fourth-order valence-corrected chi connectivity index (χ4v) is 7.30. The highest BCUT2D eigenvalue weighted by Gasteiger charge is 2.32. The van der Waals surface area contributed by atoms with Crippen LogP contribution in [0.4, 0.5) is 10.5 Å². The van der Waals surface area contributed by atoms with Crippen LogP contribution in [0.2, 0.25) is 0 Å². The summed E-state index contributed by atoms with van der Waals surface area (Å²) in [6.45, 7) is 15.5. The summed E-state index contributed by atoms with van der Waals surface area (Å²) in [6, 6.07) is 11.4. The first kappa shape index (κ1) is 61.0. The van der Waals surface area contributed by atoms with Crippen LogP contribution in [0, 0.1) is 11.8 Å². The number of Topliss-reactive ketones (excluding diaryl/α,β-unsaturated/α-hetero) is 1. The summed E-state index contributed by atoms with van der Waals surface area (Å²) in [6.07, 6.45) is 0.163. The van der Waals surface area contributed by atoms with Crippen LogP contribution in [0.15, 0.2) is 48.5 Å². The number of nitrogens with zero attached hydrogens (tertiary/aromatic N) is 2. The molecule has 3 atom stereocenters. The number of para-hydroxylation sites is 1. The maximum atomic E-state index is 13.5. The Morgan fingerprint density at radius 2 is 1.31 bits per heavy atom. The number of nitrogens with two attached hydrogens (primary N) is 3. The monoisotopic (exact) mass is 998 g/mol. The Hall–Kier alpha value is -6.13. The summed E-state index contributed by atoms with van der Waals surface area (Å²) in [5.41, 5.74) is 16.2. The van der Waals surface area contributed by atoms with E-state index in [-0.39, 0.29) is 76.4 Å². The minimum absolute atomic E-state index is 0.00491. The zero-order chi connectivity index (χ0) is 52.9. The van der Waals surface area contributed by atoms with Gasteiger partial charge in [0.05, 0.1) is 89.1 Å². The maximum absolute atomic E-state index is 13.5. The highest BCUT2D eigenvalue weighted by atomic mass is 16.6. The molecule has 2 aromatic carbocycles. The average molecular weight is 998 g/mol. The van der Waals surface area contributed by atoms with Gasteiger partial charge in [0.1, 0.15) is 12.1 Å². The number of ketones is 1. The molecule has 2 aromatic rings. The number of anilines is 1. The molecule has 3 unspecified atom stereocenters. The zero-order valence-electron chi connectivity index (χ0n) is 42.6. The van der Waals surface area contributed by atoms with Gasteiger partial charge in [-0.1, -0.05) is 84.0 Å². The number of aliphatic carboxylic acids is 1. The highest BCUT2D eigenvalue weighted by molar-refractivity contribution is 6.01. The molecule has 71 heavy (non-hydrogen) atoms. The van der Waals surface area contributed by atoms with Crippen molar-refractivity contribution in [1.82, 2.24) is 26.3 Å². The number of amides is 6. The lowest BCUT2D eigenvalue weighted by atomic mass is 9.95. The third-order valence-corrected chi connectivity index (χ3v) is 10.9. The molecular formula is C50H79N9O12. The van der Waals surface area contributed by atoms with E-state index in [2.05, 4.69) is 21.3 Å². The second kappa shape index (κ2) is 33.5. The lowest BCUT2D eigenvalue weighted by molar-refractivity contribution is -0.138. The normalized spacial score (nSPS) is 14.3. The number of ether oxygens (including phenoxy) is 4. The van der Waals surface area contributed by atoms with Gasteiger partial charge in [-0.25, -0.2) is 10.6 Å². The van der Waals surface area contributed by atoms with Crippen LogP contribution in [0.5, 0.6) is 0 Å². The number of nitrogens with one attached hydrogen (secondary N) is 4. The molecule has 11 N–H and O–H groups in total. The number of rotatable bonds is 32. The maximum Gasteiger partial charge on any atom is 0.312 e. The molecule has 396 valence electrons. The number of hydrazine groups is 1. The van der Waals surface area contributed by atoms with Crippen LogP contribution in [0.1, 0.15) is 104 Å². The summed E-state index contributed by atoms with van der Waals surface area (Å²) in [5.74, 6) is 2.97. The molecule has 0 radical (unpaired) electrons. The van der Waals surface area contributed by atoms with Crippen molar-refractivity contribution in [3.8, 4) is 0 Å². The third-order valence-electron chi connectivity index (χ3n) is 10.9. The molecular weight excluding hydrogens is 919 g/mol. The number of fused-ring (bicyclic) bond motifs is 2. The van der Waals surface area contributed by atoms with Gasteiger partial charge < -0.3 is 66.7 Å². The number of primary amides is 1. The second-order valence-electron chi connectivity index (χ2n) is 17.3. The van der Waals surface area contributed by atoms with Crippen molar-refractivity contribution in [1.29, 1.82) is 0 Å². The van der Waals surface area contributed by atoms with E-state index in [1.54, 1.807) is 18.9 Å². The molecule has 0 fully saturated rings. The van der Waals surface area contributed by atoms with Gasteiger partial charge in [-0.05, 0) is 49.7 Å². The Morgan fingerprint density at radius 1 is 0.732 bits per heavy atom. The van der Waals surface area contributed by atoms with E-state index in [9.17, 15) is 38.7 Å². The van der Waals surface area contributed by atoms with Crippen LogP contribution in [-0.2, 0) is 54.3 Å². The number of carbonyl (C=O) groups is 7. The Kier molecular flexibility index (Phi) is 28.7. The Morgan fingerprint density at radius 3 is 1.89 bits per heavy atom. The summed E-state index contributed by atoms with van der Waals surface area (Å²) < 4.78 is 22.5. The van der Waals surface area contributed by atoms with Gasteiger partial charge in [0, 0.05) is 36.9 Å². The molecule has 0 aromatic heterocycles. The molecule has 21 heteroatoms. The third kappa shape index (κ3) is 22.2. The quantitative estimate of drug-likeness (QED) is 0.0297. The molecule has 6 amide bonds. The van der Waals surface area contributed by atoms with E-state index in [1.165, 1.54) is 6.92 Å². The molecule has 0 bridgehead atoms. The summed E-state index contributed by atoms with van der Waals surface area (Å²) >= 11 is 0. The molecule has 0 aliphatic carbocycles. The Bertz CT molecular complexity index is 2050. The summed E-state index contributed by atoms with van der Waals surface area (Å²) in [4.78, 5) is 89.1. The number of hydrogen-bond donors (Lipinski definition) is 8. The fraction of sp³-hybridized carbons (Fsp3) is 0.580. The van der Waals surface area contributed by atoms with Crippen LogP contribution in [0.3, 0.4) is 0 Å². The van der Waals surface area contributed by atoms with Gasteiger partial charge in [-0.2, -0.15) is 0 Å². The predicted octanol–water partition coefficient (Wildman–Crippen LogP) is 3.03. The van der Waals surface area contributed by atoms with Gasteiger partial charge in [0.15, 0.2) is 5.78 Å². The standard InChI is InChI=1S/C48H73N9O12.C2H6/c1-31(2)29-41(60)56-30-34-11-6-7-12-35(34)43(49)45(36-13-8-9-15-39(36)56)57(51)20-22-67-24-26-69-28-27-68-25-23-66-21-18-40(59)53-38(16-17-42(61)62)46(63)55-44(32(3)4)47(64)54-37(33(5)58)14-10-19-52-48(50)65;1-2/h6-9,11-13,15,31-32,37-38,44H,10,14,16-30,49,51H2,1-5H3,(H,53,59)(H,54,64)(H,55,63)(H,61,62)(H3,50,52,65);1-2H3/b45-43-;. The van der Waals surface area contributed by atoms with Crippen LogP contribution in [0.25, 0.3) is 11.4 Å². The first-order valence-electron chi connectivity index (χ1n) is 24.4. The number of hydrogen-bond acceptors (Lipinski definition) is 14. The fourth-order valence-electron chi connectivity index (χ4n) is 7.30. The molecule has 0 spiro atoms. The van der Waals surface area contributed by atoms with E-state index in [1.807, 2.05) is 81.1 Å². The van der Waals surface area contributed by atoms with Gasteiger partial charge in [-0.3, -0.25) is 28.8 Å². The van der Waals surface area contributed by atoms with Crippen molar-refractivity contribution in [2.45, 2.75) is 112 Å². The van der Waals surface area contributed by atoms with Crippen molar-refractivity contribution in [3.05, 3.63) is 65.2 Å². The summed E-state index contributed by atoms with van der Waals surface area (Å²) in [7, 11) is 0. The largest absolute Gasteiger partial charge is 0.481 e. The SMILES string of the molecule is CC.CC(=O)C(CCCNC(N)=O)NC(=O)C(NC(=O)C(CCC(=O)O)NC(=O)CCOCCOCCOCCOCCN(N)/C1=C(\N)c2ccccc2CN(C(=O)CC(C)C)c2ccccc21)C(C)C. The zero-order valence-corrected chi connectivity index (χ0v) is 42.6. The number of carboxylic acid groups (broad SMARTS) is 1. The molecule has 1 heterocycles. The van der Waals surface area contributed by atoms with Gasteiger partial charge in [0.2, 0.25) is 23.6 Å². The highest BCUT2D eigenvalue weighted by Crippen LogP contribution is 2.37. The van der Waals surface area contributed by atoms with E-state index in [0.717, 1.165) is 22.4 Å². The minimum Gasteiger partial charge on any atom is -0.481 e. The van der Waals surface area contributed by atoms with E-state index < -0.39 is 60.2 Å². The predicted molar refractivity (Wildman–Crippen MR) is 270 cm³/mol.